The predicted octanol–water partition coefficient (Wildman–Crippen LogP) is 1.68. The number of nitrogens with two attached hydrogens (primary N) is 1. The van der Waals surface area contributed by atoms with E-state index in [0.29, 0.717) is 5.39 Å². The van der Waals surface area contributed by atoms with Crippen molar-refractivity contribution in [1.29, 1.82) is 0 Å². The molecule has 0 aliphatic heterocycles. The zero-order chi connectivity index (χ0) is 13.3. The molecule has 0 saturated heterocycles. The summed E-state index contributed by atoms with van der Waals surface area (Å²) in [5.41, 5.74) is 4.63. The Bertz CT molecular complexity index is 678. The molecule has 0 radical (unpaired) electrons. The van der Waals surface area contributed by atoms with Crippen molar-refractivity contribution < 1.29 is 14.3 Å². The van der Waals surface area contributed by atoms with E-state index in [0.717, 1.165) is 0 Å². The Morgan fingerprint density at radius 2 is 2.11 bits per heavy atom. The second kappa shape index (κ2) is 4.80. The number of fused-ring (bicyclic) bond motifs is 1. The standard InChI is InChI=1S/C12H10ClNO4/c13-8-4-6-3-7(9(15)1-2-14)12(17)18-11(6)5-10(8)16/h3-5,16H,1-2,14H2. The summed E-state index contributed by atoms with van der Waals surface area (Å²) in [6.45, 7) is 0.159. The Morgan fingerprint density at radius 3 is 2.78 bits per heavy atom. The molecule has 0 spiro atoms. The minimum atomic E-state index is -0.748. The molecule has 0 aliphatic rings. The summed E-state index contributed by atoms with van der Waals surface area (Å²) >= 11 is 5.75. The largest absolute Gasteiger partial charge is 0.506 e. The topological polar surface area (TPSA) is 93.5 Å². The van der Waals surface area contributed by atoms with Gasteiger partial charge in [0.2, 0.25) is 0 Å². The molecule has 3 N–H and O–H groups in total. The molecule has 18 heavy (non-hydrogen) atoms. The van der Waals surface area contributed by atoms with Gasteiger partial charge in [-0.2, -0.15) is 0 Å². The van der Waals surface area contributed by atoms with Gasteiger partial charge in [0.1, 0.15) is 16.9 Å². The zero-order valence-corrected chi connectivity index (χ0v) is 10.0. The van der Waals surface area contributed by atoms with Gasteiger partial charge in [-0.05, 0) is 18.7 Å². The summed E-state index contributed by atoms with van der Waals surface area (Å²) in [4.78, 5) is 23.2. The summed E-state index contributed by atoms with van der Waals surface area (Å²) in [5.74, 6) is -0.564. The van der Waals surface area contributed by atoms with Crippen LogP contribution in [-0.2, 0) is 0 Å². The molecule has 6 heteroatoms. The lowest BCUT2D eigenvalue weighted by Crippen LogP contribution is -2.16. The third-order valence-electron chi connectivity index (χ3n) is 2.47. The van der Waals surface area contributed by atoms with Gasteiger partial charge in [-0.3, -0.25) is 4.79 Å². The van der Waals surface area contributed by atoms with Crippen LogP contribution in [0.5, 0.6) is 5.75 Å². The number of carbonyl (C=O) groups excluding carboxylic acids is 1. The third-order valence-corrected chi connectivity index (χ3v) is 2.78. The molecule has 0 aliphatic carbocycles. The first-order valence-corrected chi connectivity index (χ1v) is 5.60. The van der Waals surface area contributed by atoms with Crippen LogP contribution >= 0.6 is 11.6 Å². The number of hydrogen-bond donors (Lipinski definition) is 2. The number of phenolic OH excluding ortho intramolecular Hbond substituents is 1. The van der Waals surface area contributed by atoms with Crippen molar-refractivity contribution in [3.8, 4) is 5.75 Å². The number of ketones is 1. The summed E-state index contributed by atoms with van der Waals surface area (Å²) in [7, 11) is 0. The van der Waals surface area contributed by atoms with E-state index in [1.54, 1.807) is 0 Å². The Hall–Kier alpha value is -1.85. The van der Waals surface area contributed by atoms with Gasteiger partial charge in [-0.25, -0.2) is 4.79 Å². The first kappa shape index (κ1) is 12.6. The minimum Gasteiger partial charge on any atom is -0.506 e. The molecule has 1 heterocycles. The number of aromatic hydroxyl groups is 1. The summed E-state index contributed by atoms with van der Waals surface area (Å²) < 4.78 is 4.96. The predicted molar refractivity (Wildman–Crippen MR) is 67.2 cm³/mol. The highest BCUT2D eigenvalue weighted by Gasteiger charge is 2.14. The van der Waals surface area contributed by atoms with Gasteiger partial charge in [0.05, 0.1) is 5.02 Å². The van der Waals surface area contributed by atoms with Crippen molar-refractivity contribution in [2.75, 3.05) is 6.54 Å². The highest BCUT2D eigenvalue weighted by Crippen LogP contribution is 2.28. The molecule has 0 atom stereocenters. The highest BCUT2D eigenvalue weighted by atomic mass is 35.5. The Morgan fingerprint density at radius 1 is 1.39 bits per heavy atom. The van der Waals surface area contributed by atoms with Crippen molar-refractivity contribution in [1.82, 2.24) is 0 Å². The Balaban J connectivity index is 2.65. The van der Waals surface area contributed by atoms with Crippen LogP contribution in [0.15, 0.2) is 27.4 Å². The van der Waals surface area contributed by atoms with Crippen LogP contribution in [0.1, 0.15) is 16.8 Å². The van der Waals surface area contributed by atoms with Crippen molar-refractivity contribution in [2.24, 2.45) is 5.73 Å². The van der Waals surface area contributed by atoms with E-state index in [4.69, 9.17) is 21.8 Å². The van der Waals surface area contributed by atoms with E-state index in [9.17, 15) is 14.7 Å². The number of rotatable bonds is 3. The van der Waals surface area contributed by atoms with E-state index >= 15 is 0 Å². The average Bonchev–Trinajstić information content (AvgIpc) is 2.31. The monoisotopic (exact) mass is 267 g/mol. The van der Waals surface area contributed by atoms with E-state index in [1.807, 2.05) is 0 Å². The van der Waals surface area contributed by atoms with Gasteiger partial charge in [0.25, 0.3) is 0 Å². The fourth-order valence-electron chi connectivity index (χ4n) is 1.59. The van der Waals surface area contributed by atoms with E-state index < -0.39 is 5.63 Å². The maximum atomic E-state index is 11.6. The molecular formula is C12H10ClNO4. The lowest BCUT2D eigenvalue weighted by atomic mass is 10.1. The number of phenols is 1. The lowest BCUT2D eigenvalue weighted by Gasteiger charge is -2.02. The number of Topliss-reactive ketones (excluding diaryl/α,β-unsaturated/α-hetero) is 1. The van der Waals surface area contributed by atoms with Crippen LogP contribution in [0.25, 0.3) is 11.0 Å². The number of carbonyl (C=O) groups is 1. The SMILES string of the molecule is NCCC(=O)c1cc2cc(Cl)c(O)cc2oc1=O. The Kier molecular flexibility index (Phi) is 3.36. The van der Waals surface area contributed by atoms with Gasteiger partial charge in [0, 0.05) is 17.9 Å². The molecule has 1 aromatic heterocycles. The van der Waals surface area contributed by atoms with Crippen molar-refractivity contribution in [3.05, 3.63) is 39.2 Å². The fourth-order valence-corrected chi connectivity index (χ4v) is 1.76. The molecule has 0 unspecified atom stereocenters. The molecule has 0 amide bonds. The summed E-state index contributed by atoms with van der Waals surface area (Å²) in [6, 6.07) is 4.05. The summed E-state index contributed by atoms with van der Waals surface area (Å²) in [6.07, 6.45) is 0.0715. The van der Waals surface area contributed by atoms with Crippen LogP contribution in [0, 0.1) is 0 Å². The lowest BCUT2D eigenvalue weighted by molar-refractivity contribution is 0.0982. The number of hydrogen-bond acceptors (Lipinski definition) is 5. The van der Waals surface area contributed by atoms with Crippen molar-refractivity contribution >= 4 is 28.4 Å². The number of halogens is 1. The van der Waals surface area contributed by atoms with Gasteiger partial charge >= 0.3 is 5.63 Å². The van der Waals surface area contributed by atoms with Crippen LogP contribution in [0.4, 0.5) is 0 Å². The van der Waals surface area contributed by atoms with Gasteiger partial charge in [-0.1, -0.05) is 11.6 Å². The van der Waals surface area contributed by atoms with Gasteiger partial charge in [-0.15, -0.1) is 0 Å². The zero-order valence-electron chi connectivity index (χ0n) is 9.27. The van der Waals surface area contributed by atoms with Crippen molar-refractivity contribution in [2.45, 2.75) is 6.42 Å². The van der Waals surface area contributed by atoms with E-state index in [1.165, 1.54) is 18.2 Å². The second-order valence-corrected chi connectivity index (χ2v) is 4.16. The maximum absolute atomic E-state index is 11.6. The number of benzene rings is 1. The molecule has 0 bridgehead atoms. The second-order valence-electron chi connectivity index (χ2n) is 3.75. The summed E-state index contributed by atoms with van der Waals surface area (Å²) in [5, 5.41) is 9.98. The van der Waals surface area contributed by atoms with Crippen molar-refractivity contribution in [3.63, 3.8) is 0 Å². The fraction of sp³-hybridized carbons (Fsp3) is 0.167. The van der Waals surface area contributed by atoms with Crippen LogP contribution in [-0.4, -0.2) is 17.4 Å². The molecule has 2 aromatic rings. The van der Waals surface area contributed by atoms with Crippen LogP contribution < -0.4 is 11.4 Å². The smallest absolute Gasteiger partial charge is 0.347 e. The highest BCUT2D eigenvalue weighted by molar-refractivity contribution is 6.32. The molecule has 94 valence electrons. The minimum absolute atomic E-state index is 0.0605. The normalized spacial score (nSPS) is 10.8. The van der Waals surface area contributed by atoms with Gasteiger partial charge < -0.3 is 15.3 Å². The quantitative estimate of drug-likeness (QED) is 0.652. The molecule has 2 rings (SSSR count). The molecule has 5 nitrogen and oxygen atoms in total. The maximum Gasteiger partial charge on any atom is 0.347 e. The Labute approximate surface area is 107 Å². The first-order valence-electron chi connectivity index (χ1n) is 5.22. The van der Waals surface area contributed by atoms with Gasteiger partial charge in [0.15, 0.2) is 5.78 Å². The van der Waals surface area contributed by atoms with E-state index in [-0.39, 0.29) is 40.7 Å². The molecule has 1 aromatic carbocycles. The third kappa shape index (κ3) is 2.23. The molecule has 0 fully saturated rings. The first-order chi connectivity index (χ1) is 8.52. The molecule has 0 saturated carbocycles. The van der Waals surface area contributed by atoms with Crippen LogP contribution in [0.2, 0.25) is 5.02 Å². The van der Waals surface area contributed by atoms with E-state index in [2.05, 4.69) is 0 Å². The average molecular weight is 268 g/mol. The molecular weight excluding hydrogens is 258 g/mol. The van der Waals surface area contributed by atoms with Crippen LogP contribution in [0.3, 0.4) is 0 Å².